The van der Waals surface area contributed by atoms with Gasteiger partial charge in [0.05, 0.1) is 7.11 Å². The zero-order chi connectivity index (χ0) is 14.1. The molecule has 1 aromatic heterocycles. The highest BCUT2D eigenvalue weighted by atomic mass is 16.5. The first-order valence-electron chi connectivity index (χ1n) is 7.13. The minimum Gasteiger partial charge on any atom is -0.474 e. The largest absolute Gasteiger partial charge is 0.474 e. The Labute approximate surface area is 118 Å². The van der Waals surface area contributed by atoms with E-state index in [0.717, 1.165) is 31.2 Å². The van der Waals surface area contributed by atoms with E-state index in [1.54, 1.807) is 6.20 Å². The van der Waals surface area contributed by atoms with Gasteiger partial charge in [0, 0.05) is 37.2 Å². The highest BCUT2D eigenvalue weighted by Gasteiger charge is 2.44. The number of pyridine rings is 1. The van der Waals surface area contributed by atoms with E-state index in [0.29, 0.717) is 5.88 Å². The fourth-order valence-electron chi connectivity index (χ4n) is 3.37. The summed E-state index contributed by atoms with van der Waals surface area (Å²) in [7, 11) is 1.45. The van der Waals surface area contributed by atoms with Crippen LogP contribution in [-0.2, 0) is 4.74 Å². The van der Waals surface area contributed by atoms with Crippen LogP contribution in [0, 0.1) is 6.92 Å². The number of piperidine rings is 1. The van der Waals surface area contributed by atoms with Crippen LogP contribution < -0.4 is 4.74 Å². The summed E-state index contributed by atoms with van der Waals surface area (Å²) in [5, 5.41) is 0. The fraction of sp³-hybridized carbons (Fsp3) is 0.600. The molecule has 2 saturated heterocycles. The van der Waals surface area contributed by atoms with Gasteiger partial charge in [-0.1, -0.05) is 0 Å². The Morgan fingerprint density at radius 1 is 1.35 bits per heavy atom. The second-order valence-electron chi connectivity index (χ2n) is 5.64. The van der Waals surface area contributed by atoms with Crippen molar-refractivity contribution in [2.75, 3.05) is 7.11 Å². The molecule has 5 nitrogen and oxygen atoms in total. The third kappa shape index (κ3) is 2.44. The molecule has 0 aliphatic carbocycles. The maximum Gasteiger partial charge on any atom is 0.409 e. The predicted molar refractivity (Wildman–Crippen MR) is 73.7 cm³/mol. The smallest absolute Gasteiger partial charge is 0.409 e. The molecule has 1 aromatic rings. The molecule has 3 rings (SSSR count). The number of rotatable bonds is 2. The number of ether oxygens (including phenoxy) is 2. The molecule has 0 aromatic carbocycles. The predicted octanol–water partition coefficient (Wildman–Crippen LogP) is 2.53. The zero-order valence-electron chi connectivity index (χ0n) is 11.9. The Morgan fingerprint density at radius 3 is 2.65 bits per heavy atom. The summed E-state index contributed by atoms with van der Waals surface area (Å²) in [5.74, 6) is 0.681. The number of aromatic nitrogens is 1. The molecule has 5 heteroatoms. The number of hydrogen-bond acceptors (Lipinski definition) is 4. The SMILES string of the molecule is COC(=O)N1C2CCC1CC(Oc1cc(C)ccn1)C2. The summed E-state index contributed by atoms with van der Waals surface area (Å²) in [6.07, 6.45) is 5.51. The van der Waals surface area contributed by atoms with E-state index >= 15 is 0 Å². The molecule has 2 atom stereocenters. The van der Waals surface area contributed by atoms with Crippen molar-refractivity contribution < 1.29 is 14.3 Å². The summed E-state index contributed by atoms with van der Waals surface area (Å²) < 4.78 is 10.9. The van der Waals surface area contributed by atoms with Crippen LogP contribution in [-0.4, -0.2) is 41.3 Å². The van der Waals surface area contributed by atoms with Crippen LogP contribution in [0.5, 0.6) is 5.88 Å². The molecule has 0 N–H and O–H groups in total. The molecule has 0 radical (unpaired) electrons. The lowest BCUT2D eigenvalue weighted by Crippen LogP contribution is -2.49. The van der Waals surface area contributed by atoms with Crippen LogP contribution in [0.2, 0.25) is 0 Å². The molecule has 2 unspecified atom stereocenters. The Kier molecular flexibility index (Phi) is 3.51. The van der Waals surface area contributed by atoms with Crippen LogP contribution >= 0.6 is 0 Å². The Balaban J connectivity index is 1.67. The van der Waals surface area contributed by atoms with Gasteiger partial charge in [-0.2, -0.15) is 0 Å². The molecule has 2 aliphatic heterocycles. The van der Waals surface area contributed by atoms with Crippen molar-refractivity contribution in [1.29, 1.82) is 0 Å². The number of aryl methyl sites for hydroxylation is 1. The summed E-state index contributed by atoms with van der Waals surface area (Å²) >= 11 is 0. The molecular weight excluding hydrogens is 256 g/mol. The van der Waals surface area contributed by atoms with E-state index in [1.807, 2.05) is 24.0 Å². The van der Waals surface area contributed by atoms with Gasteiger partial charge in [-0.05, 0) is 31.4 Å². The quantitative estimate of drug-likeness (QED) is 0.833. The maximum absolute atomic E-state index is 11.8. The van der Waals surface area contributed by atoms with Crippen molar-refractivity contribution in [3.8, 4) is 5.88 Å². The summed E-state index contributed by atoms with van der Waals surface area (Å²) in [4.78, 5) is 17.9. The summed E-state index contributed by atoms with van der Waals surface area (Å²) in [6.45, 7) is 2.03. The van der Waals surface area contributed by atoms with Gasteiger partial charge in [0.25, 0.3) is 0 Å². The van der Waals surface area contributed by atoms with E-state index < -0.39 is 0 Å². The van der Waals surface area contributed by atoms with Crippen LogP contribution in [0.15, 0.2) is 18.3 Å². The number of carbonyl (C=O) groups is 1. The number of carbonyl (C=O) groups excluding carboxylic acids is 1. The third-order valence-corrected chi connectivity index (χ3v) is 4.25. The van der Waals surface area contributed by atoms with Gasteiger partial charge in [-0.25, -0.2) is 9.78 Å². The highest BCUT2D eigenvalue weighted by molar-refractivity contribution is 5.69. The first kappa shape index (κ1) is 13.2. The lowest BCUT2D eigenvalue weighted by Gasteiger charge is -2.37. The number of amides is 1. The molecule has 3 heterocycles. The van der Waals surface area contributed by atoms with Gasteiger partial charge in [-0.15, -0.1) is 0 Å². The third-order valence-electron chi connectivity index (χ3n) is 4.25. The van der Waals surface area contributed by atoms with E-state index in [2.05, 4.69) is 4.98 Å². The Morgan fingerprint density at radius 2 is 2.05 bits per heavy atom. The van der Waals surface area contributed by atoms with Crippen LogP contribution in [0.4, 0.5) is 4.79 Å². The van der Waals surface area contributed by atoms with Gasteiger partial charge in [-0.3, -0.25) is 0 Å². The van der Waals surface area contributed by atoms with Gasteiger partial charge >= 0.3 is 6.09 Å². The summed E-state index contributed by atoms with van der Waals surface area (Å²) in [6, 6.07) is 4.40. The van der Waals surface area contributed by atoms with Crippen LogP contribution in [0.3, 0.4) is 0 Å². The first-order chi connectivity index (χ1) is 9.67. The minimum absolute atomic E-state index is 0.141. The van der Waals surface area contributed by atoms with Crippen LogP contribution in [0.1, 0.15) is 31.2 Å². The molecule has 0 spiro atoms. The monoisotopic (exact) mass is 276 g/mol. The molecule has 2 bridgehead atoms. The average molecular weight is 276 g/mol. The zero-order valence-corrected chi connectivity index (χ0v) is 11.9. The number of methoxy groups -OCH3 is 1. The Hall–Kier alpha value is -1.78. The fourth-order valence-corrected chi connectivity index (χ4v) is 3.37. The normalized spacial score (nSPS) is 28.3. The number of nitrogens with zero attached hydrogens (tertiary/aromatic N) is 2. The molecule has 20 heavy (non-hydrogen) atoms. The van der Waals surface area contributed by atoms with Gasteiger partial charge in [0.15, 0.2) is 0 Å². The van der Waals surface area contributed by atoms with Crippen molar-refractivity contribution in [1.82, 2.24) is 9.88 Å². The van der Waals surface area contributed by atoms with Crippen LogP contribution in [0.25, 0.3) is 0 Å². The van der Waals surface area contributed by atoms with Gasteiger partial charge in [0.2, 0.25) is 5.88 Å². The summed E-state index contributed by atoms with van der Waals surface area (Å²) in [5.41, 5.74) is 1.14. The standard InChI is InChI=1S/C15H20N2O3/c1-10-5-6-16-14(7-10)20-13-8-11-3-4-12(9-13)17(11)15(18)19-2/h5-7,11-13H,3-4,8-9H2,1-2H3. The number of hydrogen-bond donors (Lipinski definition) is 0. The van der Waals surface area contributed by atoms with E-state index in [9.17, 15) is 4.79 Å². The number of fused-ring (bicyclic) bond motifs is 2. The van der Waals surface area contributed by atoms with Crippen molar-refractivity contribution >= 4 is 6.09 Å². The van der Waals surface area contributed by atoms with Gasteiger partial charge in [0.1, 0.15) is 6.10 Å². The minimum atomic E-state index is -0.204. The molecular formula is C15H20N2O3. The lowest BCUT2D eigenvalue weighted by atomic mass is 10.0. The van der Waals surface area contributed by atoms with E-state index in [4.69, 9.17) is 9.47 Å². The molecule has 108 valence electrons. The van der Waals surface area contributed by atoms with Crippen molar-refractivity contribution in [3.05, 3.63) is 23.9 Å². The molecule has 2 fully saturated rings. The Bertz CT molecular complexity index is 492. The maximum atomic E-state index is 11.8. The first-order valence-corrected chi connectivity index (χ1v) is 7.13. The molecule has 1 amide bonds. The van der Waals surface area contributed by atoms with E-state index in [-0.39, 0.29) is 24.3 Å². The van der Waals surface area contributed by atoms with Crippen molar-refractivity contribution in [2.45, 2.75) is 50.8 Å². The van der Waals surface area contributed by atoms with Crippen molar-refractivity contribution in [3.63, 3.8) is 0 Å². The van der Waals surface area contributed by atoms with E-state index in [1.165, 1.54) is 7.11 Å². The lowest BCUT2D eigenvalue weighted by molar-refractivity contribution is 0.0400. The van der Waals surface area contributed by atoms with Gasteiger partial charge < -0.3 is 14.4 Å². The topological polar surface area (TPSA) is 51.7 Å². The van der Waals surface area contributed by atoms with Crippen molar-refractivity contribution in [2.24, 2.45) is 0 Å². The molecule has 2 aliphatic rings. The molecule has 0 saturated carbocycles. The average Bonchev–Trinajstić information content (AvgIpc) is 2.69. The second-order valence-corrected chi connectivity index (χ2v) is 5.64. The highest BCUT2D eigenvalue weighted by Crippen LogP contribution is 2.37. The second kappa shape index (κ2) is 5.31.